The summed E-state index contributed by atoms with van der Waals surface area (Å²) >= 11 is 0. The van der Waals surface area contributed by atoms with Crippen molar-refractivity contribution >= 4 is 23.5 Å². The molecule has 8 nitrogen and oxygen atoms in total. The maximum Gasteiger partial charge on any atom is 0.249 e. The number of anilines is 2. The molecule has 1 N–H and O–H groups in total. The average Bonchev–Trinajstić information content (AvgIpc) is 2.87. The van der Waals surface area contributed by atoms with Crippen LogP contribution in [0, 0.1) is 0 Å². The predicted octanol–water partition coefficient (Wildman–Crippen LogP) is 0.128. The molecule has 0 unspecified atom stereocenters. The molecule has 0 aliphatic carbocycles. The summed E-state index contributed by atoms with van der Waals surface area (Å²) in [5, 5.41) is 13.3. The molecule has 0 bridgehead atoms. The van der Waals surface area contributed by atoms with Gasteiger partial charge in [0.05, 0.1) is 0 Å². The standard InChI is InChI=1S/C13H14N6O2/c1-18-13(15-16-17-18)14-11(20)8-19-10-5-3-2-4-9(10)6-7-12(19)21/h2-5H,6-8H2,1H3,(H,14,15,17,20). The van der Waals surface area contributed by atoms with E-state index in [-0.39, 0.29) is 24.3 Å². The van der Waals surface area contributed by atoms with Gasteiger partial charge in [-0.15, -0.1) is 0 Å². The molecular formula is C13H14N6O2. The largest absolute Gasteiger partial charge is 0.303 e. The van der Waals surface area contributed by atoms with E-state index in [9.17, 15) is 9.59 Å². The first-order chi connectivity index (χ1) is 10.1. The highest BCUT2D eigenvalue weighted by Crippen LogP contribution is 2.27. The second-order valence-electron chi connectivity index (χ2n) is 4.78. The number of aryl methyl sites for hydroxylation is 2. The highest BCUT2D eigenvalue weighted by atomic mass is 16.2. The number of aromatic nitrogens is 4. The van der Waals surface area contributed by atoms with Crippen LogP contribution in [0.2, 0.25) is 0 Å². The Labute approximate surface area is 120 Å². The number of nitrogens with zero attached hydrogens (tertiary/aromatic N) is 5. The maximum atomic E-state index is 12.1. The molecule has 108 valence electrons. The normalized spacial score (nSPS) is 14.0. The Bertz CT molecular complexity index is 695. The van der Waals surface area contributed by atoms with Crippen molar-refractivity contribution in [3.05, 3.63) is 29.8 Å². The van der Waals surface area contributed by atoms with Crippen molar-refractivity contribution in [2.45, 2.75) is 12.8 Å². The van der Waals surface area contributed by atoms with Crippen molar-refractivity contribution in [3.8, 4) is 0 Å². The van der Waals surface area contributed by atoms with Gasteiger partial charge in [-0.2, -0.15) is 0 Å². The number of carbonyl (C=O) groups is 2. The van der Waals surface area contributed by atoms with Crippen LogP contribution in [-0.4, -0.2) is 38.6 Å². The fraction of sp³-hybridized carbons (Fsp3) is 0.308. The Kier molecular flexibility index (Phi) is 3.35. The highest BCUT2D eigenvalue weighted by Gasteiger charge is 2.25. The van der Waals surface area contributed by atoms with E-state index in [0.29, 0.717) is 12.8 Å². The molecule has 0 radical (unpaired) electrons. The summed E-state index contributed by atoms with van der Waals surface area (Å²) in [6.07, 6.45) is 1.12. The number of tetrazole rings is 1. The van der Waals surface area contributed by atoms with Crippen molar-refractivity contribution < 1.29 is 9.59 Å². The van der Waals surface area contributed by atoms with Crippen molar-refractivity contribution in [3.63, 3.8) is 0 Å². The summed E-state index contributed by atoms with van der Waals surface area (Å²) in [6.45, 7) is -0.0529. The van der Waals surface area contributed by atoms with Gasteiger partial charge in [0, 0.05) is 19.2 Å². The second-order valence-corrected chi connectivity index (χ2v) is 4.78. The quantitative estimate of drug-likeness (QED) is 0.865. The van der Waals surface area contributed by atoms with E-state index >= 15 is 0 Å². The lowest BCUT2D eigenvalue weighted by atomic mass is 10.0. The van der Waals surface area contributed by atoms with Crippen molar-refractivity contribution in [2.24, 2.45) is 7.05 Å². The van der Waals surface area contributed by atoms with E-state index in [0.717, 1.165) is 11.3 Å². The molecule has 2 amide bonds. The van der Waals surface area contributed by atoms with Crippen LogP contribution in [0.3, 0.4) is 0 Å². The first-order valence-corrected chi connectivity index (χ1v) is 6.55. The van der Waals surface area contributed by atoms with Crippen molar-refractivity contribution in [2.75, 3.05) is 16.8 Å². The Hall–Kier alpha value is -2.77. The lowest BCUT2D eigenvalue weighted by molar-refractivity contribution is -0.121. The number of para-hydroxylation sites is 1. The third-order valence-electron chi connectivity index (χ3n) is 3.36. The SMILES string of the molecule is Cn1nnnc1NC(=O)CN1C(=O)CCc2ccccc21. The molecule has 0 saturated heterocycles. The van der Waals surface area contributed by atoms with Crippen LogP contribution in [0.4, 0.5) is 11.6 Å². The Morgan fingerprint density at radius 2 is 2.14 bits per heavy atom. The van der Waals surface area contributed by atoms with Crippen molar-refractivity contribution in [1.82, 2.24) is 20.2 Å². The minimum Gasteiger partial charge on any atom is -0.303 e. The molecule has 8 heteroatoms. The van der Waals surface area contributed by atoms with Crippen molar-refractivity contribution in [1.29, 1.82) is 0 Å². The first kappa shape index (κ1) is 13.2. The maximum absolute atomic E-state index is 12.1. The molecular weight excluding hydrogens is 272 g/mol. The Morgan fingerprint density at radius 1 is 1.33 bits per heavy atom. The van der Waals surface area contributed by atoms with E-state index in [1.165, 1.54) is 9.58 Å². The summed E-state index contributed by atoms with van der Waals surface area (Å²) in [5.41, 5.74) is 1.87. The van der Waals surface area contributed by atoms with Gasteiger partial charge in [0.1, 0.15) is 6.54 Å². The van der Waals surface area contributed by atoms with E-state index in [4.69, 9.17) is 0 Å². The zero-order valence-corrected chi connectivity index (χ0v) is 11.5. The first-order valence-electron chi connectivity index (χ1n) is 6.55. The summed E-state index contributed by atoms with van der Waals surface area (Å²) in [5.74, 6) is -0.143. The molecule has 1 aliphatic heterocycles. The summed E-state index contributed by atoms with van der Waals surface area (Å²) in [4.78, 5) is 25.6. The topological polar surface area (TPSA) is 93.0 Å². The third-order valence-corrected chi connectivity index (χ3v) is 3.36. The monoisotopic (exact) mass is 286 g/mol. The molecule has 0 saturated carbocycles. The summed E-state index contributed by atoms with van der Waals surface area (Å²) < 4.78 is 1.35. The van der Waals surface area contributed by atoms with E-state index in [2.05, 4.69) is 20.8 Å². The van der Waals surface area contributed by atoms with Gasteiger partial charge in [-0.3, -0.25) is 14.9 Å². The molecule has 0 fully saturated rings. The van der Waals surface area contributed by atoms with Crippen LogP contribution in [0.15, 0.2) is 24.3 Å². The van der Waals surface area contributed by atoms with E-state index < -0.39 is 0 Å². The fourth-order valence-electron chi connectivity index (χ4n) is 2.31. The number of amides is 2. The number of fused-ring (bicyclic) bond motifs is 1. The number of nitrogens with one attached hydrogen (secondary N) is 1. The lowest BCUT2D eigenvalue weighted by Crippen LogP contribution is -2.41. The second kappa shape index (κ2) is 5.31. The molecule has 2 aromatic rings. The smallest absolute Gasteiger partial charge is 0.249 e. The Morgan fingerprint density at radius 3 is 2.90 bits per heavy atom. The van der Waals surface area contributed by atoms with Gasteiger partial charge in [0.2, 0.25) is 17.8 Å². The zero-order chi connectivity index (χ0) is 14.8. The minimum atomic E-state index is -0.335. The van der Waals surface area contributed by atoms with Gasteiger partial charge in [-0.1, -0.05) is 23.3 Å². The molecule has 0 spiro atoms. The molecule has 21 heavy (non-hydrogen) atoms. The number of rotatable bonds is 3. The van der Waals surface area contributed by atoms with Gasteiger partial charge in [0.25, 0.3) is 0 Å². The zero-order valence-electron chi connectivity index (χ0n) is 11.5. The van der Waals surface area contributed by atoms with Crippen LogP contribution in [-0.2, 0) is 23.1 Å². The molecule has 3 rings (SSSR count). The van der Waals surface area contributed by atoms with Gasteiger partial charge < -0.3 is 4.90 Å². The lowest BCUT2D eigenvalue weighted by Gasteiger charge is -2.28. The van der Waals surface area contributed by atoms with Crippen LogP contribution < -0.4 is 10.2 Å². The van der Waals surface area contributed by atoms with Crippen LogP contribution in [0.5, 0.6) is 0 Å². The summed E-state index contributed by atoms with van der Waals surface area (Å²) in [7, 11) is 1.62. The fourth-order valence-corrected chi connectivity index (χ4v) is 2.31. The number of carbonyl (C=O) groups excluding carboxylic acids is 2. The van der Waals surface area contributed by atoms with Gasteiger partial charge >= 0.3 is 0 Å². The molecule has 2 heterocycles. The molecule has 1 aromatic carbocycles. The predicted molar refractivity (Wildman–Crippen MR) is 74.5 cm³/mol. The van der Waals surface area contributed by atoms with E-state index in [1.54, 1.807) is 7.05 Å². The van der Waals surface area contributed by atoms with Crippen LogP contribution in [0.1, 0.15) is 12.0 Å². The molecule has 0 atom stereocenters. The number of hydrogen-bond acceptors (Lipinski definition) is 5. The molecule has 1 aromatic heterocycles. The van der Waals surface area contributed by atoms with Gasteiger partial charge in [-0.25, -0.2) is 4.68 Å². The Balaban J connectivity index is 1.76. The van der Waals surface area contributed by atoms with E-state index in [1.807, 2.05) is 24.3 Å². The van der Waals surface area contributed by atoms with Gasteiger partial charge in [-0.05, 0) is 28.5 Å². The number of hydrogen-bond donors (Lipinski definition) is 1. The molecule has 1 aliphatic rings. The summed E-state index contributed by atoms with van der Waals surface area (Å²) in [6, 6.07) is 7.61. The number of benzene rings is 1. The minimum absolute atomic E-state index is 0.0529. The highest BCUT2D eigenvalue weighted by molar-refractivity contribution is 6.03. The average molecular weight is 286 g/mol. The van der Waals surface area contributed by atoms with Crippen LogP contribution >= 0.6 is 0 Å². The third kappa shape index (κ3) is 2.60. The van der Waals surface area contributed by atoms with Gasteiger partial charge in [0.15, 0.2) is 0 Å². The van der Waals surface area contributed by atoms with Crippen LogP contribution in [0.25, 0.3) is 0 Å².